The second-order valence-electron chi connectivity index (χ2n) is 5.35. The van der Waals surface area contributed by atoms with Crippen molar-refractivity contribution in [2.24, 2.45) is 5.92 Å². The number of ketones is 2. The predicted octanol–water partition coefficient (Wildman–Crippen LogP) is 1.45. The molecule has 0 aromatic heterocycles. The molecule has 0 saturated heterocycles. The van der Waals surface area contributed by atoms with Crippen LogP contribution in [0.2, 0.25) is 0 Å². The molecule has 0 saturated carbocycles. The number of rotatable bonds is 8. The molecule has 0 aliphatic rings. The first kappa shape index (κ1) is 24.9. The van der Waals surface area contributed by atoms with E-state index >= 15 is 0 Å². The van der Waals surface area contributed by atoms with Gasteiger partial charge in [0.2, 0.25) is 0 Å². The van der Waals surface area contributed by atoms with E-state index in [4.69, 9.17) is 9.11 Å². The third-order valence-electron chi connectivity index (χ3n) is 2.77. The van der Waals surface area contributed by atoms with Crippen LogP contribution in [0.3, 0.4) is 0 Å². The van der Waals surface area contributed by atoms with Gasteiger partial charge in [-0.1, -0.05) is 27.0 Å². The van der Waals surface area contributed by atoms with Crippen LogP contribution in [-0.2, 0) is 29.8 Å². The summed E-state index contributed by atoms with van der Waals surface area (Å²) in [5.41, 5.74) is 0.436. The molecule has 0 rings (SSSR count). The fourth-order valence-corrected chi connectivity index (χ4v) is 3.29. The van der Waals surface area contributed by atoms with E-state index in [-0.39, 0.29) is 17.8 Å². The van der Waals surface area contributed by atoms with Gasteiger partial charge in [0.25, 0.3) is 20.2 Å². The first-order chi connectivity index (χ1) is 10.5. The topological polar surface area (TPSA) is 143 Å². The quantitative estimate of drug-likeness (QED) is 0.473. The highest BCUT2D eigenvalue weighted by Crippen LogP contribution is 2.09. The van der Waals surface area contributed by atoms with Gasteiger partial charge >= 0.3 is 0 Å². The van der Waals surface area contributed by atoms with Crippen molar-refractivity contribution in [2.45, 2.75) is 39.4 Å². The maximum atomic E-state index is 11.1. The molecule has 0 heterocycles. The van der Waals surface area contributed by atoms with E-state index < -0.39 is 42.9 Å². The van der Waals surface area contributed by atoms with Crippen molar-refractivity contribution in [2.75, 3.05) is 5.75 Å². The summed E-state index contributed by atoms with van der Waals surface area (Å²) in [5, 5.41) is -1.35. The largest absolute Gasteiger partial charge is 0.294 e. The first-order valence-corrected chi connectivity index (χ1v) is 9.96. The first-order valence-electron chi connectivity index (χ1n) is 6.85. The Morgan fingerprint density at radius 1 is 0.958 bits per heavy atom. The molecular formula is C14H24O8S2. The Balaban J connectivity index is 0. The van der Waals surface area contributed by atoms with Crippen molar-refractivity contribution in [1.29, 1.82) is 0 Å². The molecule has 0 aromatic rings. The second-order valence-corrected chi connectivity index (χ2v) is 8.45. The molecule has 0 aliphatic heterocycles. The smallest absolute Gasteiger partial charge is 0.275 e. The summed E-state index contributed by atoms with van der Waals surface area (Å²) >= 11 is 0. The van der Waals surface area contributed by atoms with Gasteiger partial charge in [-0.2, -0.15) is 16.8 Å². The molecule has 0 bridgehead atoms. The molecular weight excluding hydrogens is 360 g/mol. The van der Waals surface area contributed by atoms with Crippen molar-refractivity contribution in [3.8, 4) is 0 Å². The van der Waals surface area contributed by atoms with Crippen LogP contribution in [0.15, 0.2) is 24.3 Å². The third-order valence-corrected chi connectivity index (χ3v) is 4.96. The van der Waals surface area contributed by atoms with Gasteiger partial charge in [-0.05, 0) is 31.4 Å². The van der Waals surface area contributed by atoms with E-state index in [0.29, 0.717) is 5.57 Å². The number of carbonyl (C=O) groups excluding carboxylic acids is 2. The fraction of sp³-hybridized carbons (Fsp3) is 0.571. The molecule has 0 radical (unpaired) electrons. The minimum absolute atomic E-state index is 0.0600. The highest BCUT2D eigenvalue weighted by molar-refractivity contribution is 7.87. The number of allylic oxidation sites excluding steroid dienone is 2. The highest BCUT2D eigenvalue weighted by atomic mass is 32.2. The maximum absolute atomic E-state index is 11.1. The summed E-state index contributed by atoms with van der Waals surface area (Å²) in [4.78, 5) is 22.1. The lowest BCUT2D eigenvalue weighted by molar-refractivity contribution is -0.118. The molecule has 0 amide bonds. The van der Waals surface area contributed by atoms with Gasteiger partial charge in [0.15, 0.2) is 11.6 Å². The van der Waals surface area contributed by atoms with Crippen molar-refractivity contribution in [3.05, 3.63) is 24.3 Å². The van der Waals surface area contributed by atoms with Gasteiger partial charge in [0.05, 0.1) is 5.75 Å². The van der Waals surface area contributed by atoms with E-state index in [2.05, 4.69) is 13.2 Å². The Hall–Kier alpha value is -1.36. The SMILES string of the molecule is C=C(C)C(=O)C(C)CS(=O)(=O)O.C=C(C)C(=O)C(CC)S(=O)(=O)O. The molecule has 140 valence electrons. The molecule has 0 aliphatic carbocycles. The van der Waals surface area contributed by atoms with E-state index in [9.17, 15) is 26.4 Å². The lowest BCUT2D eigenvalue weighted by Crippen LogP contribution is -2.29. The number of Topliss-reactive ketones (excluding diaryl/α,β-unsaturated/α-hetero) is 2. The van der Waals surface area contributed by atoms with Gasteiger partial charge in [-0.15, -0.1) is 0 Å². The zero-order valence-corrected chi connectivity index (χ0v) is 15.8. The molecule has 2 atom stereocenters. The van der Waals surface area contributed by atoms with Crippen LogP contribution in [0.25, 0.3) is 0 Å². The van der Waals surface area contributed by atoms with Crippen LogP contribution >= 0.6 is 0 Å². The van der Waals surface area contributed by atoms with Crippen LogP contribution in [0.5, 0.6) is 0 Å². The second kappa shape index (κ2) is 9.82. The molecule has 8 nitrogen and oxygen atoms in total. The molecule has 0 spiro atoms. The number of hydrogen-bond donors (Lipinski definition) is 2. The standard InChI is InChI=1S/2C7H12O4S/c1-5(2)7(8)6(3)4-12(9,10)11;1-4-6(12(9,10)11)7(8)5(2)3/h6H,1,4H2,2-3H3,(H,9,10,11);6H,2,4H2,1,3H3,(H,9,10,11). The van der Waals surface area contributed by atoms with Crippen molar-refractivity contribution >= 4 is 31.8 Å². The number of hydrogen-bond acceptors (Lipinski definition) is 6. The Labute approximate surface area is 143 Å². The van der Waals surface area contributed by atoms with Crippen LogP contribution in [-0.4, -0.2) is 48.5 Å². The summed E-state index contributed by atoms with van der Waals surface area (Å²) in [5.74, 6) is -2.23. The van der Waals surface area contributed by atoms with Gasteiger partial charge in [0.1, 0.15) is 5.25 Å². The van der Waals surface area contributed by atoms with E-state index in [0.717, 1.165) is 0 Å². The summed E-state index contributed by atoms with van der Waals surface area (Å²) in [6.45, 7) is 12.6. The van der Waals surface area contributed by atoms with E-state index in [1.807, 2.05) is 0 Å². The lowest BCUT2D eigenvalue weighted by atomic mass is 10.0. The molecule has 2 N–H and O–H groups in total. The van der Waals surface area contributed by atoms with Gasteiger partial charge in [-0.25, -0.2) is 0 Å². The lowest BCUT2D eigenvalue weighted by Gasteiger charge is -2.08. The average molecular weight is 384 g/mol. The summed E-state index contributed by atoms with van der Waals surface area (Å²) in [6.07, 6.45) is 0.0600. The highest BCUT2D eigenvalue weighted by Gasteiger charge is 2.28. The Bertz CT molecular complexity index is 701. The molecule has 0 aromatic carbocycles. The van der Waals surface area contributed by atoms with Crippen LogP contribution < -0.4 is 0 Å². The summed E-state index contributed by atoms with van der Waals surface area (Å²) in [7, 11) is -8.33. The summed E-state index contributed by atoms with van der Waals surface area (Å²) in [6, 6.07) is 0. The zero-order chi connectivity index (χ0) is 19.9. The van der Waals surface area contributed by atoms with Gasteiger partial charge in [-0.3, -0.25) is 18.7 Å². The molecule has 24 heavy (non-hydrogen) atoms. The van der Waals surface area contributed by atoms with Crippen molar-refractivity contribution in [1.82, 2.24) is 0 Å². The Morgan fingerprint density at radius 3 is 1.50 bits per heavy atom. The molecule has 2 unspecified atom stereocenters. The van der Waals surface area contributed by atoms with Gasteiger partial charge in [0, 0.05) is 5.92 Å². The van der Waals surface area contributed by atoms with Gasteiger partial charge < -0.3 is 0 Å². The van der Waals surface area contributed by atoms with Crippen molar-refractivity contribution in [3.63, 3.8) is 0 Å². The minimum atomic E-state index is -4.27. The van der Waals surface area contributed by atoms with Crippen LogP contribution in [0, 0.1) is 5.92 Å². The minimum Gasteiger partial charge on any atom is -0.294 e. The van der Waals surface area contributed by atoms with Crippen LogP contribution in [0.1, 0.15) is 34.1 Å². The third kappa shape index (κ3) is 10.4. The van der Waals surface area contributed by atoms with E-state index in [1.165, 1.54) is 27.7 Å². The predicted molar refractivity (Wildman–Crippen MR) is 90.8 cm³/mol. The maximum Gasteiger partial charge on any atom is 0.275 e. The monoisotopic (exact) mass is 384 g/mol. The van der Waals surface area contributed by atoms with Crippen molar-refractivity contribution < 1.29 is 35.5 Å². The normalized spacial score (nSPS) is 13.9. The van der Waals surface area contributed by atoms with E-state index in [1.54, 1.807) is 0 Å². The Kier molecular flexibility index (Phi) is 10.2. The zero-order valence-electron chi connectivity index (χ0n) is 14.1. The Morgan fingerprint density at radius 2 is 1.33 bits per heavy atom. The van der Waals surface area contributed by atoms with Crippen LogP contribution in [0.4, 0.5) is 0 Å². The average Bonchev–Trinajstić information content (AvgIpc) is 2.35. The molecule has 10 heteroatoms. The number of carbonyl (C=O) groups is 2. The molecule has 0 fully saturated rings. The fourth-order valence-electron chi connectivity index (χ4n) is 1.62. The summed E-state index contributed by atoms with van der Waals surface area (Å²) < 4.78 is 58.9.